The van der Waals surface area contributed by atoms with E-state index in [4.69, 9.17) is 4.74 Å². The molecular weight excluding hydrogens is 376 g/mol. The molecule has 0 aliphatic heterocycles. The number of methoxy groups -OCH3 is 1. The third-order valence-electron chi connectivity index (χ3n) is 9.92. The molecule has 0 saturated heterocycles. The van der Waals surface area contributed by atoms with Gasteiger partial charge in [0.1, 0.15) is 0 Å². The molecule has 0 bridgehead atoms. The molecule has 4 saturated carbocycles. The van der Waals surface area contributed by atoms with Crippen LogP contribution in [-0.4, -0.2) is 39.5 Å². The lowest BCUT2D eigenvalue weighted by Crippen LogP contribution is -2.55. The van der Waals surface area contributed by atoms with Crippen molar-refractivity contribution < 1.29 is 14.6 Å². The van der Waals surface area contributed by atoms with Gasteiger partial charge in [-0.25, -0.2) is 0 Å². The Hall–Kier alpha value is -1.20. The summed E-state index contributed by atoms with van der Waals surface area (Å²) in [5.74, 6) is 4.04. The number of carbonyl (C=O) groups excluding carboxylic acids is 1. The van der Waals surface area contributed by atoms with Gasteiger partial charge in [-0.1, -0.05) is 6.92 Å². The second-order valence-electron chi connectivity index (χ2n) is 11.3. The largest absolute Gasteiger partial charge is 0.387 e. The number of nitrogens with zero attached hydrogens (tertiary/aromatic N) is 2. The molecule has 1 heterocycles. The van der Waals surface area contributed by atoms with Gasteiger partial charge in [0.2, 0.25) is 0 Å². The van der Waals surface area contributed by atoms with Crippen LogP contribution < -0.4 is 0 Å². The molecule has 0 spiro atoms. The zero-order valence-electron chi connectivity index (χ0n) is 18.8. The van der Waals surface area contributed by atoms with E-state index in [1.54, 1.807) is 18.0 Å². The van der Waals surface area contributed by atoms with Gasteiger partial charge in [0.25, 0.3) is 0 Å². The van der Waals surface area contributed by atoms with Crippen LogP contribution in [0.5, 0.6) is 0 Å². The first-order chi connectivity index (χ1) is 14.3. The van der Waals surface area contributed by atoms with E-state index in [0.717, 1.165) is 31.1 Å². The lowest BCUT2D eigenvalue weighted by atomic mass is 9.48. The number of Topliss-reactive ketones (excluding diaryl/α,β-unsaturated/α-hetero) is 1. The normalized spacial score (nSPS) is 47.9. The minimum Gasteiger partial charge on any atom is -0.387 e. The summed E-state index contributed by atoms with van der Waals surface area (Å²) < 4.78 is 7.52. The molecule has 30 heavy (non-hydrogen) atoms. The Morgan fingerprint density at radius 3 is 2.73 bits per heavy atom. The number of fused-ring (bicyclic) bond motifs is 5. The maximum absolute atomic E-state index is 13.2. The average molecular weight is 415 g/mol. The molecule has 4 fully saturated rings. The van der Waals surface area contributed by atoms with Crippen molar-refractivity contribution in [2.75, 3.05) is 7.11 Å². The predicted octanol–water partition coefficient (Wildman–Crippen LogP) is 4.10. The van der Waals surface area contributed by atoms with Gasteiger partial charge in [0.15, 0.2) is 5.78 Å². The molecule has 9 atom stereocenters. The molecule has 5 nitrogen and oxygen atoms in total. The third-order valence-corrected chi connectivity index (χ3v) is 9.92. The number of ether oxygens (including phenoxy) is 1. The molecule has 0 aromatic carbocycles. The molecule has 4 aliphatic rings. The van der Waals surface area contributed by atoms with Gasteiger partial charge in [-0.15, -0.1) is 0 Å². The molecule has 0 unspecified atom stereocenters. The SMILES string of the molecule is CO[C@@H]1C[C@H]2[C@@H](CC[C@@H]3[C@@H]2CC[C@]2(C)[C@@H](C(=O)Cn4cccn4)CC[C@@H]32)C[C@]1(C)O. The second-order valence-corrected chi connectivity index (χ2v) is 11.3. The van der Waals surface area contributed by atoms with E-state index in [9.17, 15) is 9.90 Å². The average Bonchev–Trinajstić information content (AvgIpc) is 3.33. The van der Waals surface area contributed by atoms with Crippen molar-refractivity contribution in [1.29, 1.82) is 0 Å². The van der Waals surface area contributed by atoms with E-state index in [2.05, 4.69) is 12.0 Å². The van der Waals surface area contributed by atoms with Gasteiger partial charge in [0, 0.05) is 25.4 Å². The quantitative estimate of drug-likeness (QED) is 0.806. The number of aromatic nitrogens is 2. The van der Waals surface area contributed by atoms with Crippen LogP contribution in [0.4, 0.5) is 0 Å². The molecule has 166 valence electrons. The maximum Gasteiger partial charge on any atom is 0.157 e. The summed E-state index contributed by atoms with van der Waals surface area (Å²) in [5, 5.41) is 15.1. The van der Waals surface area contributed by atoms with Crippen LogP contribution in [0.2, 0.25) is 0 Å². The van der Waals surface area contributed by atoms with E-state index in [1.165, 1.54) is 32.1 Å². The molecule has 4 aliphatic carbocycles. The van der Waals surface area contributed by atoms with E-state index in [-0.39, 0.29) is 17.4 Å². The van der Waals surface area contributed by atoms with Crippen molar-refractivity contribution in [2.24, 2.45) is 40.9 Å². The molecule has 0 amide bonds. The number of rotatable bonds is 4. The fourth-order valence-electron chi connectivity index (χ4n) is 8.56. The maximum atomic E-state index is 13.2. The van der Waals surface area contributed by atoms with Crippen LogP contribution >= 0.6 is 0 Å². The smallest absolute Gasteiger partial charge is 0.157 e. The van der Waals surface area contributed by atoms with E-state index in [1.807, 2.05) is 19.2 Å². The van der Waals surface area contributed by atoms with Crippen LogP contribution in [-0.2, 0) is 16.1 Å². The Balaban J connectivity index is 1.33. The van der Waals surface area contributed by atoms with Crippen molar-refractivity contribution >= 4 is 5.78 Å². The highest BCUT2D eigenvalue weighted by molar-refractivity contribution is 5.82. The number of carbonyl (C=O) groups is 1. The van der Waals surface area contributed by atoms with Crippen LogP contribution in [0.3, 0.4) is 0 Å². The molecule has 0 radical (unpaired) electrons. The molecule has 5 rings (SSSR count). The van der Waals surface area contributed by atoms with Gasteiger partial charge in [0.05, 0.1) is 18.2 Å². The van der Waals surface area contributed by atoms with Gasteiger partial charge in [-0.3, -0.25) is 9.48 Å². The standard InChI is InChI=1S/C25H38N2O3/c1-24-10-9-17-18(6-5-16-14-25(2,29)23(30-3)13-19(16)17)20(24)7-8-21(24)22(28)15-27-12-4-11-26-27/h4,11-12,16-21,23,29H,5-10,13-15H2,1-3H3/t16-,17-,18+,19-,20-,21+,23+,24-,25-/m0/s1. The summed E-state index contributed by atoms with van der Waals surface area (Å²) in [6.07, 6.45) is 12.7. The minimum absolute atomic E-state index is 0.0437. The summed E-state index contributed by atoms with van der Waals surface area (Å²) in [4.78, 5) is 13.2. The van der Waals surface area contributed by atoms with Crippen LogP contribution in [0, 0.1) is 40.9 Å². The van der Waals surface area contributed by atoms with Crippen molar-refractivity contribution in [3.05, 3.63) is 18.5 Å². The predicted molar refractivity (Wildman–Crippen MR) is 115 cm³/mol. The zero-order chi connectivity index (χ0) is 21.1. The topological polar surface area (TPSA) is 64.4 Å². The van der Waals surface area contributed by atoms with Gasteiger partial charge in [-0.2, -0.15) is 5.10 Å². The molecule has 1 aromatic heterocycles. The molecule has 5 heteroatoms. The minimum atomic E-state index is -0.691. The lowest BCUT2D eigenvalue weighted by molar-refractivity contribution is -0.165. The van der Waals surface area contributed by atoms with E-state index < -0.39 is 5.60 Å². The lowest BCUT2D eigenvalue weighted by Gasteiger charge is -2.58. The van der Waals surface area contributed by atoms with Crippen molar-refractivity contribution in [2.45, 2.75) is 83.5 Å². The van der Waals surface area contributed by atoms with Crippen LogP contribution in [0.25, 0.3) is 0 Å². The summed E-state index contributed by atoms with van der Waals surface area (Å²) in [7, 11) is 1.75. The van der Waals surface area contributed by atoms with Crippen molar-refractivity contribution in [1.82, 2.24) is 9.78 Å². The van der Waals surface area contributed by atoms with Crippen molar-refractivity contribution in [3.8, 4) is 0 Å². The first kappa shape index (κ1) is 20.7. The Morgan fingerprint density at radius 2 is 2.00 bits per heavy atom. The van der Waals surface area contributed by atoms with Crippen molar-refractivity contribution in [3.63, 3.8) is 0 Å². The Labute approximate surface area is 180 Å². The Kier molecular flexibility index (Phi) is 5.13. The molecule has 1 N–H and O–H groups in total. The summed E-state index contributed by atoms with van der Waals surface area (Å²) in [5.41, 5.74) is -0.539. The fraction of sp³-hybridized carbons (Fsp3) is 0.840. The van der Waals surface area contributed by atoms with E-state index in [0.29, 0.717) is 30.1 Å². The van der Waals surface area contributed by atoms with Gasteiger partial charge < -0.3 is 9.84 Å². The van der Waals surface area contributed by atoms with E-state index >= 15 is 0 Å². The number of hydrogen-bond donors (Lipinski definition) is 1. The first-order valence-electron chi connectivity index (χ1n) is 12.1. The summed E-state index contributed by atoms with van der Waals surface area (Å²) >= 11 is 0. The Morgan fingerprint density at radius 1 is 1.17 bits per heavy atom. The first-order valence-corrected chi connectivity index (χ1v) is 12.1. The second kappa shape index (κ2) is 7.44. The van der Waals surface area contributed by atoms with Crippen LogP contribution in [0.1, 0.15) is 65.2 Å². The third kappa shape index (κ3) is 3.19. The van der Waals surface area contributed by atoms with Gasteiger partial charge >= 0.3 is 0 Å². The highest BCUT2D eigenvalue weighted by atomic mass is 16.5. The Bertz CT molecular complexity index is 775. The van der Waals surface area contributed by atoms with Crippen LogP contribution in [0.15, 0.2) is 18.5 Å². The number of aliphatic hydroxyl groups is 1. The highest BCUT2D eigenvalue weighted by Gasteiger charge is 2.59. The monoisotopic (exact) mass is 414 g/mol. The number of hydrogen-bond acceptors (Lipinski definition) is 4. The fourth-order valence-corrected chi connectivity index (χ4v) is 8.56. The van der Waals surface area contributed by atoms with Gasteiger partial charge in [-0.05, 0) is 99.4 Å². The summed E-state index contributed by atoms with van der Waals surface area (Å²) in [6.45, 7) is 4.81. The molecule has 1 aromatic rings. The highest BCUT2D eigenvalue weighted by Crippen LogP contribution is 2.64. The zero-order valence-corrected chi connectivity index (χ0v) is 18.8. The number of ketones is 1. The molecular formula is C25H38N2O3. The summed E-state index contributed by atoms with van der Waals surface area (Å²) in [6, 6.07) is 1.89.